The number of likely N-dealkylation sites (tertiary alicyclic amines) is 1. The summed E-state index contributed by atoms with van der Waals surface area (Å²) < 4.78 is 39.6. The number of hydrogen-bond acceptors (Lipinski definition) is 6. The number of carbonyl (C=O) groups is 2. The number of carbonyl (C=O) groups excluding carboxylic acids is 2. The first-order chi connectivity index (χ1) is 18.3. The maximum absolute atomic E-state index is 14.0. The van der Waals surface area contributed by atoms with Crippen LogP contribution in [0.5, 0.6) is 5.75 Å². The number of anilines is 1. The minimum Gasteiger partial charge on any atom is -0.497 e. The molecule has 38 heavy (non-hydrogen) atoms. The highest BCUT2D eigenvalue weighted by atomic mass is 32.2. The van der Waals surface area contributed by atoms with E-state index in [0.717, 1.165) is 5.56 Å². The predicted molar refractivity (Wildman–Crippen MR) is 145 cm³/mol. The van der Waals surface area contributed by atoms with Crippen LogP contribution in [0.15, 0.2) is 83.8 Å². The number of nitrogens with zero attached hydrogens (tertiary/aromatic N) is 2. The van der Waals surface area contributed by atoms with Gasteiger partial charge in [0.05, 0.1) is 42.3 Å². The molecule has 0 aliphatic carbocycles. The summed E-state index contributed by atoms with van der Waals surface area (Å²) in [6, 6.07) is 22.2. The third-order valence-corrected chi connectivity index (χ3v) is 8.40. The van der Waals surface area contributed by atoms with Crippen molar-refractivity contribution >= 4 is 27.6 Å². The molecule has 0 unspecified atom stereocenters. The second-order valence-corrected chi connectivity index (χ2v) is 10.9. The van der Waals surface area contributed by atoms with Gasteiger partial charge in [-0.25, -0.2) is 8.42 Å². The fourth-order valence-electron chi connectivity index (χ4n) is 4.54. The molecule has 200 valence electrons. The Labute approximate surface area is 223 Å². The number of rotatable bonds is 9. The van der Waals surface area contributed by atoms with Gasteiger partial charge < -0.3 is 14.4 Å². The Hall–Kier alpha value is -3.85. The Morgan fingerprint density at radius 2 is 1.55 bits per heavy atom. The van der Waals surface area contributed by atoms with Crippen LogP contribution in [0.4, 0.5) is 5.69 Å². The lowest BCUT2D eigenvalue weighted by atomic mass is 9.96. The first kappa shape index (κ1) is 27.2. The molecule has 1 heterocycles. The average Bonchev–Trinajstić information content (AvgIpc) is 2.96. The van der Waals surface area contributed by atoms with Crippen LogP contribution in [-0.2, 0) is 26.1 Å². The van der Waals surface area contributed by atoms with Gasteiger partial charge in [-0.1, -0.05) is 42.5 Å². The smallest absolute Gasteiger partial charge is 0.309 e. The molecule has 1 aliphatic heterocycles. The van der Waals surface area contributed by atoms with E-state index < -0.39 is 10.0 Å². The molecule has 0 N–H and O–H groups in total. The van der Waals surface area contributed by atoms with Crippen LogP contribution in [0.3, 0.4) is 0 Å². The van der Waals surface area contributed by atoms with E-state index in [9.17, 15) is 18.0 Å². The molecule has 0 radical (unpaired) electrons. The largest absolute Gasteiger partial charge is 0.497 e. The monoisotopic (exact) mass is 536 g/mol. The van der Waals surface area contributed by atoms with Crippen molar-refractivity contribution in [2.45, 2.75) is 31.2 Å². The molecule has 1 fully saturated rings. The van der Waals surface area contributed by atoms with Gasteiger partial charge in [-0.15, -0.1) is 0 Å². The Bertz CT molecular complexity index is 1350. The van der Waals surface area contributed by atoms with Crippen molar-refractivity contribution in [3.63, 3.8) is 0 Å². The van der Waals surface area contributed by atoms with E-state index in [1.54, 1.807) is 48.2 Å². The Morgan fingerprint density at radius 3 is 2.18 bits per heavy atom. The molecular weight excluding hydrogens is 504 g/mol. The van der Waals surface area contributed by atoms with Crippen molar-refractivity contribution in [1.82, 2.24) is 4.90 Å². The highest BCUT2D eigenvalue weighted by Crippen LogP contribution is 2.31. The van der Waals surface area contributed by atoms with Crippen molar-refractivity contribution < 1.29 is 27.5 Å². The van der Waals surface area contributed by atoms with Gasteiger partial charge in [-0.05, 0) is 61.7 Å². The lowest BCUT2D eigenvalue weighted by molar-refractivity contribution is -0.149. The van der Waals surface area contributed by atoms with Crippen molar-refractivity contribution in [2.24, 2.45) is 5.92 Å². The Balaban J connectivity index is 1.68. The summed E-state index contributed by atoms with van der Waals surface area (Å²) in [6.07, 6.45) is 1.01. The van der Waals surface area contributed by atoms with Gasteiger partial charge in [0.15, 0.2) is 0 Å². The van der Waals surface area contributed by atoms with E-state index in [1.807, 2.05) is 30.3 Å². The molecular formula is C29H32N2O6S. The van der Waals surface area contributed by atoms with E-state index in [-0.39, 0.29) is 34.8 Å². The zero-order valence-corrected chi connectivity index (χ0v) is 22.4. The minimum atomic E-state index is -4.04. The highest BCUT2D eigenvalue weighted by molar-refractivity contribution is 7.92. The number of benzene rings is 3. The molecule has 1 amide bonds. The third kappa shape index (κ3) is 5.99. The number of esters is 1. The van der Waals surface area contributed by atoms with Crippen molar-refractivity contribution in [3.05, 3.63) is 90.0 Å². The number of methoxy groups -OCH3 is 1. The fourth-order valence-corrected chi connectivity index (χ4v) is 6.02. The number of para-hydroxylation sites is 1. The number of piperidine rings is 1. The number of ether oxygens (including phenoxy) is 2. The van der Waals surface area contributed by atoms with E-state index >= 15 is 0 Å². The van der Waals surface area contributed by atoms with E-state index in [1.165, 1.54) is 23.5 Å². The molecule has 8 nitrogen and oxygen atoms in total. The average molecular weight is 537 g/mol. The summed E-state index contributed by atoms with van der Waals surface area (Å²) in [5.41, 5.74) is 1.36. The molecule has 9 heteroatoms. The summed E-state index contributed by atoms with van der Waals surface area (Å²) in [5.74, 6) is -0.204. The van der Waals surface area contributed by atoms with Crippen LogP contribution in [0.25, 0.3) is 0 Å². The molecule has 0 saturated carbocycles. The second kappa shape index (κ2) is 12.1. The first-order valence-electron chi connectivity index (χ1n) is 12.6. The number of sulfonamides is 1. The van der Waals surface area contributed by atoms with Gasteiger partial charge in [-0.3, -0.25) is 13.9 Å². The normalized spacial score (nSPS) is 14.1. The molecule has 0 aromatic heterocycles. The summed E-state index contributed by atoms with van der Waals surface area (Å²) in [7, 11) is -2.53. The molecule has 3 aromatic rings. The minimum absolute atomic E-state index is 0.0461. The summed E-state index contributed by atoms with van der Waals surface area (Å²) in [6.45, 7) is 2.92. The Kier molecular flexibility index (Phi) is 8.68. The first-order valence-corrected chi connectivity index (χ1v) is 14.0. The second-order valence-electron chi connectivity index (χ2n) is 9.01. The van der Waals surface area contributed by atoms with Gasteiger partial charge in [0.2, 0.25) is 0 Å². The molecule has 1 saturated heterocycles. The summed E-state index contributed by atoms with van der Waals surface area (Å²) in [5, 5.41) is 0. The number of hydrogen-bond donors (Lipinski definition) is 0. The zero-order chi connectivity index (χ0) is 27.1. The SMILES string of the molecule is CCOC(=O)C1CCN(C(=O)c2ccccc2N(Cc2ccccc2)S(=O)(=O)c2ccc(OC)cc2)CC1. The van der Waals surface area contributed by atoms with Crippen LogP contribution in [-0.4, -0.2) is 52.0 Å². The molecule has 1 aliphatic rings. The van der Waals surface area contributed by atoms with Crippen LogP contribution in [0.1, 0.15) is 35.7 Å². The van der Waals surface area contributed by atoms with Crippen LogP contribution in [0.2, 0.25) is 0 Å². The van der Waals surface area contributed by atoms with E-state index in [4.69, 9.17) is 9.47 Å². The number of amides is 1. The quantitative estimate of drug-likeness (QED) is 0.374. The zero-order valence-electron chi connectivity index (χ0n) is 21.6. The topological polar surface area (TPSA) is 93.2 Å². The van der Waals surface area contributed by atoms with Gasteiger partial charge in [-0.2, -0.15) is 0 Å². The van der Waals surface area contributed by atoms with Crippen molar-refractivity contribution in [3.8, 4) is 5.75 Å². The van der Waals surface area contributed by atoms with Gasteiger partial charge >= 0.3 is 5.97 Å². The van der Waals surface area contributed by atoms with E-state index in [0.29, 0.717) is 44.0 Å². The summed E-state index contributed by atoms with van der Waals surface area (Å²) >= 11 is 0. The predicted octanol–water partition coefficient (Wildman–Crippen LogP) is 4.51. The molecule has 0 atom stereocenters. The van der Waals surface area contributed by atoms with E-state index in [2.05, 4.69) is 0 Å². The highest BCUT2D eigenvalue weighted by Gasteiger charge is 2.32. The van der Waals surface area contributed by atoms with Crippen molar-refractivity contribution in [2.75, 3.05) is 31.1 Å². The lowest BCUT2D eigenvalue weighted by Crippen LogP contribution is -2.41. The Morgan fingerprint density at radius 1 is 0.921 bits per heavy atom. The van der Waals surface area contributed by atoms with Crippen LogP contribution < -0.4 is 9.04 Å². The standard InChI is InChI=1S/C29H32N2O6S/c1-3-37-29(33)23-17-19-30(20-18-23)28(32)26-11-7-8-12-27(26)31(21-22-9-5-4-6-10-22)38(34,35)25-15-13-24(36-2)14-16-25/h4-16,23H,3,17-21H2,1-2H3. The third-order valence-electron chi connectivity index (χ3n) is 6.62. The van der Waals surface area contributed by atoms with Crippen LogP contribution in [0, 0.1) is 5.92 Å². The molecule has 3 aromatic carbocycles. The molecule has 0 spiro atoms. The lowest BCUT2D eigenvalue weighted by Gasteiger charge is -2.32. The molecule has 4 rings (SSSR count). The van der Waals surface area contributed by atoms with Crippen molar-refractivity contribution in [1.29, 1.82) is 0 Å². The maximum atomic E-state index is 14.0. The summed E-state index contributed by atoms with van der Waals surface area (Å²) in [4.78, 5) is 27.6. The van der Waals surface area contributed by atoms with Gasteiger partial charge in [0, 0.05) is 13.1 Å². The fraction of sp³-hybridized carbons (Fsp3) is 0.310. The van der Waals surface area contributed by atoms with Crippen LogP contribution >= 0.6 is 0 Å². The van der Waals surface area contributed by atoms with Gasteiger partial charge in [0.25, 0.3) is 15.9 Å². The van der Waals surface area contributed by atoms with Gasteiger partial charge in [0.1, 0.15) is 5.75 Å². The maximum Gasteiger partial charge on any atom is 0.309 e. The molecule has 0 bridgehead atoms.